The molecule has 12 nitrogen and oxygen atoms in total. The van der Waals surface area contributed by atoms with Crippen molar-refractivity contribution in [3.05, 3.63) is 0 Å². The van der Waals surface area contributed by atoms with Crippen LogP contribution in [0.25, 0.3) is 0 Å². The summed E-state index contributed by atoms with van der Waals surface area (Å²) in [4.78, 5) is 70.6. The van der Waals surface area contributed by atoms with Gasteiger partial charge in [0.05, 0.1) is 39.0 Å². The highest BCUT2D eigenvalue weighted by atomic mass is 16.5. The smallest absolute Gasteiger partial charge is 0.237 e. The van der Waals surface area contributed by atoms with Crippen LogP contribution in [0.4, 0.5) is 0 Å². The lowest BCUT2D eigenvalue weighted by Crippen LogP contribution is -2.41. The van der Waals surface area contributed by atoms with Gasteiger partial charge in [0, 0.05) is 44.8 Å². The molecule has 0 radical (unpaired) electrons. The fraction of sp³-hybridized carbons (Fsp3) is 0.793. The van der Waals surface area contributed by atoms with E-state index in [1.165, 1.54) is 4.90 Å². The van der Waals surface area contributed by atoms with E-state index in [0.29, 0.717) is 90.8 Å². The highest BCUT2D eigenvalue weighted by Gasteiger charge is 2.34. The van der Waals surface area contributed by atoms with Gasteiger partial charge in [0.2, 0.25) is 17.7 Å². The Balaban J connectivity index is 1.83. The van der Waals surface area contributed by atoms with Crippen molar-refractivity contribution in [2.75, 3.05) is 52.7 Å². The van der Waals surface area contributed by atoms with E-state index in [-0.39, 0.29) is 48.4 Å². The monoisotopic (exact) mass is 583 g/mol. The van der Waals surface area contributed by atoms with Crippen molar-refractivity contribution >= 4 is 35.6 Å². The van der Waals surface area contributed by atoms with Crippen LogP contribution in [0.2, 0.25) is 0 Å². The lowest BCUT2D eigenvalue weighted by Gasteiger charge is -2.13. The molecule has 2 unspecified atom stereocenters. The SMILES string of the molecule is CC1CC(=O)N(CCCCCC(=O)CCCOCCOCCOCC(=O)CCCCCC(N)C(=O)NCC=O)C1=O. The largest absolute Gasteiger partial charge is 0.379 e. The zero-order valence-corrected chi connectivity index (χ0v) is 24.6. The van der Waals surface area contributed by atoms with Crippen LogP contribution >= 0.6 is 0 Å². The Labute approximate surface area is 243 Å². The standard InChI is InChI=1S/C29H49N3O9/c1-23-21-27(36)32(29(23)38)14-7-3-5-9-24(34)11-8-16-39-17-18-40-19-20-41-22-25(35)10-4-2-6-12-26(30)28(37)31-13-15-33/h15,23,26H,2-14,16-22,30H2,1H3,(H,31,37). The lowest BCUT2D eigenvalue weighted by molar-refractivity contribution is -0.139. The second-order valence-electron chi connectivity index (χ2n) is 10.4. The number of nitrogens with zero attached hydrogens (tertiary/aromatic N) is 1. The number of amides is 3. The van der Waals surface area contributed by atoms with Crippen molar-refractivity contribution in [1.29, 1.82) is 0 Å². The summed E-state index contributed by atoms with van der Waals surface area (Å²) in [6.45, 7) is 4.20. The van der Waals surface area contributed by atoms with Crippen LogP contribution in [0.3, 0.4) is 0 Å². The Hall–Kier alpha value is -2.54. The van der Waals surface area contributed by atoms with E-state index in [0.717, 1.165) is 32.1 Å². The number of hydrogen-bond acceptors (Lipinski definition) is 10. The van der Waals surface area contributed by atoms with E-state index < -0.39 is 6.04 Å². The summed E-state index contributed by atoms with van der Waals surface area (Å²) < 4.78 is 16.2. The Morgan fingerprint density at radius 2 is 1.49 bits per heavy atom. The van der Waals surface area contributed by atoms with Crippen molar-refractivity contribution in [1.82, 2.24) is 10.2 Å². The number of nitrogens with two attached hydrogens (primary N) is 1. The molecule has 234 valence electrons. The molecule has 1 saturated heterocycles. The molecule has 41 heavy (non-hydrogen) atoms. The van der Waals surface area contributed by atoms with Gasteiger partial charge in [-0.15, -0.1) is 0 Å². The molecule has 0 aromatic rings. The second kappa shape index (κ2) is 23.1. The van der Waals surface area contributed by atoms with Gasteiger partial charge in [0.25, 0.3) is 0 Å². The summed E-state index contributed by atoms with van der Waals surface area (Å²) in [7, 11) is 0. The van der Waals surface area contributed by atoms with E-state index in [2.05, 4.69) is 5.32 Å². The molecule has 1 fully saturated rings. The minimum atomic E-state index is -0.644. The molecule has 0 aliphatic carbocycles. The van der Waals surface area contributed by atoms with Crippen LogP contribution in [-0.4, -0.2) is 99.2 Å². The molecule has 1 heterocycles. The Morgan fingerprint density at radius 3 is 2.15 bits per heavy atom. The molecule has 12 heteroatoms. The summed E-state index contributed by atoms with van der Waals surface area (Å²) >= 11 is 0. The van der Waals surface area contributed by atoms with E-state index in [4.69, 9.17) is 19.9 Å². The molecule has 0 aromatic heterocycles. The van der Waals surface area contributed by atoms with Gasteiger partial charge < -0.3 is 30.1 Å². The molecular weight excluding hydrogens is 534 g/mol. The molecular formula is C29H49N3O9. The Morgan fingerprint density at radius 1 is 0.878 bits per heavy atom. The van der Waals surface area contributed by atoms with Crippen LogP contribution in [-0.2, 0) is 43.0 Å². The summed E-state index contributed by atoms with van der Waals surface area (Å²) in [5.74, 6) is -0.520. The number of likely N-dealkylation sites (tertiary alicyclic amines) is 1. The van der Waals surface area contributed by atoms with Crippen LogP contribution < -0.4 is 11.1 Å². The molecule has 2 atom stereocenters. The van der Waals surface area contributed by atoms with Gasteiger partial charge in [-0.1, -0.05) is 26.2 Å². The quantitative estimate of drug-likeness (QED) is 0.0820. The van der Waals surface area contributed by atoms with Gasteiger partial charge in [0.1, 0.15) is 18.7 Å². The number of nitrogens with one attached hydrogen (secondary N) is 1. The third kappa shape index (κ3) is 17.8. The fourth-order valence-electron chi connectivity index (χ4n) is 4.31. The van der Waals surface area contributed by atoms with Gasteiger partial charge >= 0.3 is 0 Å². The molecule has 0 aromatic carbocycles. The zero-order chi connectivity index (χ0) is 30.3. The Kier molecular flexibility index (Phi) is 20.5. The number of rotatable bonds is 27. The van der Waals surface area contributed by atoms with Gasteiger partial charge in [-0.25, -0.2) is 0 Å². The third-order valence-corrected chi connectivity index (χ3v) is 6.73. The second-order valence-corrected chi connectivity index (χ2v) is 10.4. The maximum absolute atomic E-state index is 12.0. The number of ketones is 2. The van der Waals surface area contributed by atoms with E-state index in [9.17, 15) is 28.8 Å². The van der Waals surface area contributed by atoms with Gasteiger partial charge in [0.15, 0.2) is 5.78 Å². The van der Waals surface area contributed by atoms with Crippen LogP contribution in [0, 0.1) is 5.92 Å². The first-order valence-corrected chi connectivity index (χ1v) is 14.8. The number of aldehydes is 1. The lowest BCUT2D eigenvalue weighted by atomic mass is 10.1. The first kappa shape index (κ1) is 36.5. The first-order valence-electron chi connectivity index (χ1n) is 14.8. The predicted octanol–water partition coefficient (Wildman–Crippen LogP) is 1.50. The van der Waals surface area contributed by atoms with Crippen molar-refractivity contribution in [2.24, 2.45) is 11.7 Å². The van der Waals surface area contributed by atoms with Gasteiger partial charge in [-0.3, -0.25) is 28.9 Å². The maximum atomic E-state index is 12.0. The molecule has 0 bridgehead atoms. The first-order chi connectivity index (χ1) is 19.8. The minimum Gasteiger partial charge on any atom is -0.379 e. The number of ether oxygens (including phenoxy) is 3. The van der Waals surface area contributed by atoms with E-state index in [1.54, 1.807) is 6.92 Å². The molecule has 1 aliphatic heterocycles. The van der Waals surface area contributed by atoms with Crippen LogP contribution in [0.15, 0.2) is 0 Å². The van der Waals surface area contributed by atoms with Gasteiger partial charge in [-0.05, 0) is 32.1 Å². The maximum Gasteiger partial charge on any atom is 0.237 e. The molecule has 1 rings (SSSR count). The predicted molar refractivity (Wildman–Crippen MR) is 151 cm³/mol. The highest BCUT2D eigenvalue weighted by Crippen LogP contribution is 2.19. The average Bonchev–Trinajstić information content (AvgIpc) is 3.19. The molecule has 0 saturated carbocycles. The number of hydrogen-bond donors (Lipinski definition) is 2. The van der Waals surface area contributed by atoms with Crippen molar-refractivity contribution in [2.45, 2.75) is 90.0 Å². The minimum absolute atomic E-state index is 0.0145. The number of Topliss-reactive ketones (excluding diaryl/α,β-unsaturated/α-hetero) is 2. The zero-order valence-electron chi connectivity index (χ0n) is 24.6. The van der Waals surface area contributed by atoms with Crippen molar-refractivity contribution in [3.63, 3.8) is 0 Å². The summed E-state index contributed by atoms with van der Waals surface area (Å²) in [6.07, 6.45) is 7.96. The molecule has 3 N–H and O–H groups in total. The van der Waals surface area contributed by atoms with Crippen molar-refractivity contribution < 1.29 is 43.0 Å². The number of carbonyl (C=O) groups is 6. The Bertz CT molecular complexity index is 821. The van der Waals surface area contributed by atoms with E-state index in [1.807, 2.05) is 0 Å². The topological polar surface area (TPSA) is 171 Å². The van der Waals surface area contributed by atoms with Crippen molar-refractivity contribution in [3.8, 4) is 0 Å². The molecule has 1 aliphatic rings. The average molecular weight is 584 g/mol. The fourth-order valence-corrected chi connectivity index (χ4v) is 4.31. The summed E-state index contributed by atoms with van der Waals surface area (Å²) in [5.41, 5.74) is 5.74. The number of unbranched alkanes of at least 4 members (excludes halogenated alkanes) is 4. The highest BCUT2D eigenvalue weighted by molar-refractivity contribution is 6.03. The number of imide groups is 1. The molecule has 3 amide bonds. The summed E-state index contributed by atoms with van der Waals surface area (Å²) in [6, 6.07) is -0.644. The molecule has 0 spiro atoms. The normalized spacial score (nSPS) is 15.8. The van der Waals surface area contributed by atoms with Crippen LogP contribution in [0.5, 0.6) is 0 Å². The third-order valence-electron chi connectivity index (χ3n) is 6.73. The van der Waals surface area contributed by atoms with Crippen LogP contribution in [0.1, 0.15) is 84.0 Å². The van der Waals surface area contributed by atoms with Gasteiger partial charge in [-0.2, -0.15) is 0 Å². The summed E-state index contributed by atoms with van der Waals surface area (Å²) in [5, 5.41) is 2.42. The van der Waals surface area contributed by atoms with E-state index >= 15 is 0 Å². The number of carbonyl (C=O) groups excluding carboxylic acids is 6.